The first-order valence-electron chi connectivity index (χ1n) is 9.01. The van der Waals surface area contributed by atoms with Gasteiger partial charge in [-0.1, -0.05) is 48.5 Å². The van der Waals surface area contributed by atoms with Crippen molar-refractivity contribution in [2.24, 2.45) is 0 Å². The first-order valence-corrected chi connectivity index (χ1v) is 9.01. The summed E-state index contributed by atoms with van der Waals surface area (Å²) in [6, 6.07) is 14.4. The molecule has 26 heavy (non-hydrogen) atoms. The van der Waals surface area contributed by atoms with Gasteiger partial charge in [0.25, 0.3) is 0 Å². The summed E-state index contributed by atoms with van der Waals surface area (Å²) in [4.78, 5) is 25.3. The van der Waals surface area contributed by atoms with Crippen molar-refractivity contribution >= 4 is 11.6 Å². The predicted octanol–water partition coefficient (Wildman–Crippen LogP) is 4.28. The number of hydrogen-bond donors (Lipinski definition) is 0. The van der Waals surface area contributed by atoms with Crippen molar-refractivity contribution in [3.8, 4) is 0 Å². The molecule has 0 aromatic heterocycles. The molecule has 4 rings (SSSR count). The molecular formula is C22H22NO3. The minimum absolute atomic E-state index is 0.142. The van der Waals surface area contributed by atoms with Gasteiger partial charge in [0, 0.05) is 16.7 Å². The monoisotopic (exact) mass is 348 g/mol. The van der Waals surface area contributed by atoms with Crippen molar-refractivity contribution in [1.82, 2.24) is 5.06 Å². The van der Waals surface area contributed by atoms with E-state index in [0.717, 1.165) is 18.4 Å². The van der Waals surface area contributed by atoms with E-state index < -0.39 is 11.5 Å². The molecular weight excluding hydrogens is 326 g/mol. The van der Waals surface area contributed by atoms with Gasteiger partial charge in [0.2, 0.25) is 0 Å². The highest BCUT2D eigenvalue weighted by molar-refractivity contribution is 6.29. The van der Waals surface area contributed by atoms with Gasteiger partial charge in [-0.25, -0.2) is 0 Å². The van der Waals surface area contributed by atoms with Crippen LogP contribution in [0.1, 0.15) is 71.4 Å². The van der Waals surface area contributed by atoms with Crippen LogP contribution in [0.3, 0.4) is 0 Å². The number of hydroxylamine groups is 2. The van der Waals surface area contributed by atoms with Crippen molar-refractivity contribution in [3.63, 3.8) is 0 Å². The third-order valence-corrected chi connectivity index (χ3v) is 6.07. The number of fused-ring (bicyclic) bond motifs is 1. The summed E-state index contributed by atoms with van der Waals surface area (Å²) in [6.07, 6.45) is 1.62. The Morgan fingerprint density at radius 2 is 1.38 bits per heavy atom. The van der Waals surface area contributed by atoms with E-state index in [1.807, 2.05) is 45.0 Å². The van der Waals surface area contributed by atoms with Crippen LogP contribution in [0.2, 0.25) is 0 Å². The van der Waals surface area contributed by atoms with Crippen LogP contribution in [0.15, 0.2) is 48.5 Å². The van der Waals surface area contributed by atoms with Gasteiger partial charge in [-0.15, -0.1) is 10.3 Å². The first-order chi connectivity index (χ1) is 12.3. The van der Waals surface area contributed by atoms with Gasteiger partial charge in [-0.2, -0.15) is 0 Å². The summed E-state index contributed by atoms with van der Waals surface area (Å²) in [7, 11) is 0. The Labute approximate surface area is 153 Å². The van der Waals surface area contributed by atoms with E-state index in [2.05, 4.69) is 0 Å². The summed E-state index contributed by atoms with van der Waals surface area (Å²) in [5, 5.41) is 13.9. The lowest BCUT2D eigenvalue weighted by Gasteiger charge is -2.35. The fourth-order valence-corrected chi connectivity index (χ4v) is 4.36. The Morgan fingerprint density at radius 3 is 1.85 bits per heavy atom. The molecule has 1 aliphatic carbocycles. The fourth-order valence-electron chi connectivity index (χ4n) is 4.36. The van der Waals surface area contributed by atoms with Crippen molar-refractivity contribution in [3.05, 3.63) is 70.8 Å². The SMILES string of the molecule is CC1(C)CCC(C)(c2ccc(C3C(=O)c4ccccc4C3=O)cc2)N1[O]. The van der Waals surface area contributed by atoms with E-state index in [9.17, 15) is 14.8 Å². The second kappa shape index (κ2) is 5.60. The van der Waals surface area contributed by atoms with E-state index in [-0.39, 0.29) is 17.1 Å². The Morgan fingerprint density at radius 1 is 0.846 bits per heavy atom. The van der Waals surface area contributed by atoms with Gasteiger partial charge in [0.15, 0.2) is 11.6 Å². The van der Waals surface area contributed by atoms with Crippen molar-refractivity contribution in [2.45, 2.75) is 50.6 Å². The van der Waals surface area contributed by atoms with Crippen LogP contribution in [0, 0.1) is 0 Å². The summed E-state index contributed by atoms with van der Waals surface area (Å²) < 4.78 is 0. The lowest BCUT2D eigenvalue weighted by molar-refractivity contribution is -0.252. The number of benzene rings is 2. The van der Waals surface area contributed by atoms with Gasteiger partial charge < -0.3 is 0 Å². The van der Waals surface area contributed by atoms with Crippen LogP contribution in [-0.4, -0.2) is 22.2 Å². The van der Waals surface area contributed by atoms with E-state index in [1.165, 1.54) is 5.06 Å². The van der Waals surface area contributed by atoms with Crippen molar-refractivity contribution in [1.29, 1.82) is 0 Å². The van der Waals surface area contributed by atoms with Crippen LogP contribution in [0.4, 0.5) is 0 Å². The quantitative estimate of drug-likeness (QED) is 0.761. The van der Waals surface area contributed by atoms with Crippen LogP contribution in [0.25, 0.3) is 0 Å². The average molecular weight is 348 g/mol. The molecule has 1 fully saturated rings. The van der Waals surface area contributed by atoms with E-state index in [1.54, 1.807) is 24.3 Å². The lowest BCUT2D eigenvalue weighted by atomic mass is 9.87. The lowest BCUT2D eigenvalue weighted by Crippen LogP contribution is -2.44. The predicted molar refractivity (Wildman–Crippen MR) is 97.5 cm³/mol. The zero-order valence-electron chi connectivity index (χ0n) is 15.3. The molecule has 4 nitrogen and oxygen atoms in total. The number of Topliss-reactive ketones (excluding diaryl/α,β-unsaturated/α-hetero) is 2. The molecule has 1 aliphatic heterocycles. The maximum atomic E-state index is 12.8. The van der Waals surface area contributed by atoms with Crippen molar-refractivity contribution in [2.75, 3.05) is 0 Å². The number of carbonyl (C=O) groups is 2. The minimum Gasteiger partial charge on any atom is -0.293 e. The second-order valence-electron chi connectivity index (χ2n) is 8.21. The third kappa shape index (κ3) is 2.29. The Kier molecular flexibility index (Phi) is 3.69. The number of rotatable bonds is 2. The number of nitrogens with zero attached hydrogens (tertiary/aromatic N) is 1. The third-order valence-electron chi connectivity index (χ3n) is 6.07. The van der Waals surface area contributed by atoms with Gasteiger partial charge in [0.1, 0.15) is 5.92 Å². The van der Waals surface area contributed by atoms with Crippen LogP contribution in [0.5, 0.6) is 0 Å². The summed E-state index contributed by atoms with van der Waals surface area (Å²) >= 11 is 0. The summed E-state index contributed by atoms with van der Waals surface area (Å²) in [6.45, 7) is 5.89. The molecule has 1 heterocycles. The number of ketones is 2. The number of carbonyl (C=O) groups excluding carboxylic acids is 2. The second-order valence-corrected chi connectivity index (χ2v) is 8.21. The zero-order valence-corrected chi connectivity index (χ0v) is 15.3. The molecule has 1 radical (unpaired) electrons. The highest BCUT2D eigenvalue weighted by Crippen LogP contribution is 2.46. The Hall–Kier alpha value is -2.30. The maximum Gasteiger partial charge on any atom is 0.178 e. The molecule has 0 bridgehead atoms. The molecule has 4 heteroatoms. The fraction of sp³-hybridized carbons (Fsp3) is 0.364. The molecule has 1 unspecified atom stereocenters. The first kappa shape index (κ1) is 17.1. The Bertz CT molecular complexity index is 865. The van der Waals surface area contributed by atoms with Gasteiger partial charge >= 0.3 is 0 Å². The molecule has 2 aromatic carbocycles. The number of hydrogen-bond acceptors (Lipinski definition) is 3. The van der Waals surface area contributed by atoms with E-state index in [4.69, 9.17) is 0 Å². The van der Waals surface area contributed by atoms with E-state index >= 15 is 0 Å². The summed E-state index contributed by atoms with van der Waals surface area (Å²) in [5.41, 5.74) is 1.67. The highest BCUT2D eigenvalue weighted by atomic mass is 16.5. The molecule has 133 valence electrons. The minimum atomic E-state index is -0.766. The van der Waals surface area contributed by atoms with Crippen LogP contribution in [-0.2, 0) is 10.7 Å². The van der Waals surface area contributed by atoms with Crippen LogP contribution < -0.4 is 0 Å². The molecule has 0 N–H and O–H groups in total. The topological polar surface area (TPSA) is 57.3 Å². The smallest absolute Gasteiger partial charge is 0.178 e. The van der Waals surface area contributed by atoms with Crippen molar-refractivity contribution < 1.29 is 14.8 Å². The molecule has 0 spiro atoms. The van der Waals surface area contributed by atoms with Crippen LogP contribution >= 0.6 is 0 Å². The van der Waals surface area contributed by atoms with Gasteiger partial charge in [-0.3, -0.25) is 9.59 Å². The van der Waals surface area contributed by atoms with Gasteiger partial charge in [0.05, 0.1) is 5.54 Å². The average Bonchev–Trinajstić information content (AvgIpc) is 3.02. The Balaban J connectivity index is 1.66. The molecule has 0 amide bonds. The molecule has 1 atom stereocenters. The summed E-state index contributed by atoms with van der Waals surface area (Å²) in [5.74, 6) is -1.05. The largest absolute Gasteiger partial charge is 0.293 e. The highest BCUT2D eigenvalue weighted by Gasteiger charge is 2.49. The molecule has 0 saturated carbocycles. The van der Waals surface area contributed by atoms with E-state index in [0.29, 0.717) is 16.7 Å². The standard InChI is InChI=1S/C22H22NO3/c1-21(2)12-13-22(3,23(21)26)15-10-8-14(9-11-15)18-19(24)16-6-4-5-7-17(16)20(18)25/h4-11,18H,12-13H2,1-3H3. The molecule has 1 saturated heterocycles. The zero-order chi connectivity index (χ0) is 18.7. The molecule has 2 aliphatic rings. The maximum absolute atomic E-state index is 12.8. The molecule has 2 aromatic rings. The normalized spacial score (nSPS) is 25.7. The van der Waals surface area contributed by atoms with Gasteiger partial charge in [-0.05, 0) is 44.7 Å².